The maximum absolute atomic E-state index is 5.05. The highest BCUT2D eigenvalue weighted by Crippen LogP contribution is 2.19. The first-order chi connectivity index (χ1) is 9.61. The van der Waals surface area contributed by atoms with Gasteiger partial charge in [0.15, 0.2) is 0 Å². The van der Waals surface area contributed by atoms with Gasteiger partial charge in [-0.2, -0.15) is 0 Å². The lowest BCUT2D eigenvalue weighted by atomic mass is 10.2. The molecule has 5 nitrogen and oxygen atoms in total. The molecule has 0 saturated carbocycles. The number of imidazole rings is 1. The molecular formula is C15H22N4O. The van der Waals surface area contributed by atoms with Crippen molar-refractivity contribution in [2.45, 2.75) is 6.92 Å². The molecule has 0 atom stereocenters. The Hall–Kier alpha value is -2.01. The van der Waals surface area contributed by atoms with Crippen LogP contribution >= 0.6 is 0 Å². The number of nitrogens with one attached hydrogen (secondary N) is 1. The van der Waals surface area contributed by atoms with Crippen molar-refractivity contribution >= 4 is 11.6 Å². The summed E-state index contributed by atoms with van der Waals surface area (Å²) in [5, 5.41) is 3.29. The SMILES string of the molecule is COCCNc1nc(C)cn1-c1ccc(N(C)C)cc1. The summed E-state index contributed by atoms with van der Waals surface area (Å²) in [6.45, 7) is 3.39. The smallest absolute Gasteiger partial charge is 0.207 e. The van der Waals surface area contributed by atoms with Crippen molar-refractivity contribution in [3.63, 3.8) is 0 Å². The van der Waals surface area contributed by atoms with Gasteiger partial charge in [-0.05, 0) is 31.2 Å². The Morgan fingerprint density at radius 1 is 1.25 bits per heavy atom. The van der Waals surface area contributed by atoms with E-state index in [1.54, 1.807) is 7.11 Å². The van der Waals surface area contributed by atoms with Crippen LogP contribution in [0.3, 0.4) is 0 Å². The predicted octanol–water partition coefficient (Wildman–Crippen LogP) is 2.31. The molecule has 0 aliphatic rings. The molecule has 20 heavy (non-hydrogen) atoms. The fraction of sp³-hybridized carbons (Fsp3) is 0.400. The maximum atomic E-state index is 5.05. The van der Waals surface area contributed by atoms with Crippen molar-refractivity contribution < 1.29 is 4.74 Å². The van der Waals surface area contributed by atoms with E-state index in [4.69, 9.17) is 4.74 Å². The quantitative estimate of drug-likeness (QED) is 0.821. The van der Waals surface area contributed by atoms with E-state index in [2.05, 4.69) is 44.0 Å². The number of aryl methyl sites for hydroxylation is 1. The van der Waals surface area contributed by atoms with Gasteiger partial charge in [-0.3, -0.25) is 4.57 Å². The van der Waals surface area contributed by atoms with E-state index in [-0.39, 0.29) is 0 Å². The standard InChI is InChI=1S/C15H22N4O/c1-12-11-19(15(17-12)16-9-10-20-4)14-7-5-13(6-8-14)18(2)3/h5-8,11H,9-10H2,1-4H3,(H,16,17). The van der Waals surface area contributed by atoms with Crippen LogP contribution < -0.4 is 10.2 Å². The minimum atomic E-state index is 0.658. The summed E-state index contributed by atoms with van der Waals surface area (Å²) < 4.78 is 7.11. The molecule has 0 saturated heterocycles. The van der Waals surface area contributed by atoms with Gasteiger partial charge >= 0.3 is 0 Å². The van der Waals surface area contributed by atoms with E-state index in [0.29, 0.717) is 6.61 Å². The molecule has 5 heteroatoms. The molecule has 0 radical (unpaired) electrons. The number of ether oxygens (including phenoxy) is 1. The number of aromatic nitrogens is 2. The first-order valence-electron chi connectivity index (χ1n) is 6.68. The third-order valence-electron chi connectivity index (χ3n) is 3.06. The molecular weight excluding hydrogens is 252 g/mol. The lowest BCUT2D eigenvalue weighted by Crippen LogP contribution is -2.12. The molecule has 1 aromatic heterocycles. The van der Waals surface area contributed by atoms with Gasteiger partial charge in [0.2, 0.25) is 5.95 Å². The van der Waals surface area contributed by atoms with Crippen molar-refractivity contribution in [2.24, 2.45) is 0 Å². The van der Waals surface area contributed by atoms with Crippen molar-refractivity contribution in [2.75, 3.05) is 44.6 Å². The summed E-state index contributed by atoms with van der Waals surface area (Å²) in [6, 6.07) is 8.39. The summed E-state index contributed by atoms with van der Waals surface area (Å²) in [6.07, 6.45) is 2.03. The highest BCUT2D eigenvalue weighted by Gasteiger charge is 2.07. The third-order valence-corrected chi connectivity index (χ3v) is 3.06. The van der Waals surface area contributed by atoms with Gasteiger partial charge in [-0.15, -0.1) is 0 Å². The van der Waals surface area contributed by atoms with E-state index in [1.807, 2.05) is 27.2 Å². The molecule has 108 valence electrons. The zero-order chi connectivity index (χ0) is 14.5. The van der Waals surface area contributed by atoms with Crippen LogP contribution in [-0.4, -0.2) is 43.9 Å². The van der Waals surface area contributed by atoms with E-state index in [1.165, 1.54) is 5.69 Å². The highest BCUT2D eigenvalue weighted by molar-refractivity contribution is 5.52. The maximum Gasteiger partial charge on any atom is 0.207 e. The van der Waals surface area contributed by atoms with E-state index in [9.17, 15) is 0 Å². The average molecular weight is 274 g/mol. The molecule has 2 rings (SSSR count). The van der Waals surface area contributed by atoms with Gasteiger partial charge in [0.25, 0.3) is 0 Å². The van der Waals surface area contributed by atoms with Gasteiger partial charge in [-0.1, -0.05) is 0 Å². The minimum Gasteiger partial charge on any atom is -0.383 e. The zero-order valence-corrected chi connectivity index (χ0v) is 12.6. The number of rotatable bonds is 6. The number of nitrogens with zero attached hydrogens (tertiary/aromatic N) is 3. The first-order valence-corrected chi connectivity index (χ1v) is 6.68. The number of benzene rings is 1. The Balaban J connectivity index is 2.22. The molecule has 0 aliphatic heterocycles. The molecule has 0 bridgehead atoms. The first kappa shape index (κ1) is 14.4. The Labute approximate surface area is 120 Å². The van der Waals surface area contributed by atoms with Gasteiger partial charge < -0.3 is 15.0 Å². The van der Waals surface area contributed by atoms with Crippen LogP contribution in [0, 0.1) is 6.92 Å². The Kier molecular flexibility index (Phi) is 4.63. The Bertz CT molecular complexity index is 546. The summed E-state index contributed by atoms with van der Waals surface area (Å²) in [7, 11) is 5.77. The fourth-order valence-electron chi connectivity index (χ4n) is 2.00. The van der Waals surface area contributed by atoms with Crippen LogP contribution in [0.4, 0.5) is 11.6 Å². The Morgan fingerprint density at radius 2 is 1.95 bits per heavy atom. The Morgan fingerprint density at radius 3 is 2.55 bits per heavy atom. The third kappa shape index (κ3) is 3.30. The largest absolute Gasteiger partial charge is 0.383 e. The van der Waals surface area contributed by atoms with E-state index in [0.717, 1.165) is 23.9 Å². The minimum absolute atomic E-state index is 0.658. The van der Waals surface area contributed by atoms with Gasteiger partial charge in [0.1, 0.15) is 0 Å². The van der Waals surface area contributed by atoms with Crippen LogP contribution in [-0.2, 0) is 4.74 Å². The molecule has 0 aliphatic carbocycles. The molecule has 0 spiro atoms. The van der Waals surface area contributed by atoms with E-state index >= 15 is 0 Å². The topological polar surface area (TPSA) is 42.3 Å². The molecule has 0 amide bonds. The normalized spacial score (nSPS) is 10.6. The summed E-state index contributed by atoms with van der Waals surface area (Å²) >= 11 is 0. The lowest BCUT2D eigenvalue weighted by molar-refractivity contribution is 0.210. The van der Waals surface area contributed by atoms with Gasteiger partial charge in [0.05, 0.1) is 12.3 Å². The summed E-state index contributed by atoms with van der Waals surface area (Å²) in [5.74, 6) is 0.845. The van der Waals surface area contributed by atoms with Crippen molar-refractivity contribution in [3.8, 4) is 5.69 Å². The lowest BCUT2D eigenvalue weighted by Gasteiger charge is -2.14. The van der Waals surface area contributed by atoms with Crippen LogP contribution in [0.2, 0.25) is 0 Å². The molecule has 0 fully saturated rings. The second-order valence-electron chi connectivity index (χ2n) is 4.91. The fourth-order valence-corrected chi connectivity index (χ4v) is 2.00. The van der Waals surface area contributed by atoms with Crippen molar-refractivity contribution in [1.82, 2.24) is 9.55 Å². The molecule has 1 aromatic carbocycles. The second-order valence-corrected chi connectivity index (χ2v) is 4.91. The van der Waals surface area contributed by atoms with Crippen molar-refractivity contribution in [3.05, 3.63) is 36.2 Å². The number of anilines is 2. The van der Waals surface area contributed by atoms with Gasteiger partial charge in [-0.25, -0.2) is 4.98 Å². The second kappa shape index (κ2) is 6.43. The number of hydrogen-bond donors (Lipinski definition) is 1. The van der Waals surface area contributed by atoms with Crippen LogP contribution in [0.1, 0.15) is 5.69 Å². The molecule has 1 N–H and O–H groups in total. The molecule has 2 aromatic rings. The van der Waals surface area contributed by atoms with Crippen LogP contribution in [0.15, 0.2) is 30.5 Å². The zero-order valence-electron chi connectivity index (χ0n) is 12.6. The number of hydrogen-bond acceptors (Lipinski definition) is 4. The predicted molar refractivity (Wildman–Crippen MR) is 83.0 cm³/mol. The van der Waals surface area contributed by atoms with Crippen molar-refractivity contribution in [1.29, 1.82) is 0 Å². The van der Waals surface area contributed by atoms with Gasteiger partial charge in [0, 0.05) is 45.3 Å². The summed E-state index contributed by atoms with van der Waals surface area (Å²) in [5.41, 5.74) is 3.26. The summed E-state index contributed by atoms with van der Waals surface area (Å²) in [4.78, 5) is 6.59. The number of methoxy groups -OCH3 is 1. The van der Waals surface area contributed by atoms with Crippen LogP contribution in [0.25, 0.3) is 5.69 Å². The monoisotopic (exact) mass is 274 g/mol. The highest BCUT2D eigenvalue weighted by atomic mass is 16.5. The van der Waals surface area contributed by atoms with E-state index < -0.39 is 0 Å². The van der Waals surface area contributed by atoms with Crippen LogP contribution in [0.5, 0.6) is 0 Å². The molecule has 1 heterocycles. The average Bonchev–Trinajstić information content (AvgIpc) is 2.80. The molecule has 0 unspecified atom stereocenters.